The van der Waals surface area contributed by atoms with Gasteiger partial charge in [-0.3, -0.25) is 0 Å². The molecule has 0 aliphatic carbocycles. The first-order valence-electron chi connectivity index (χ1n) is 8.01. The minimum atomic E-state index is 0.0103. The van der Waals surface area contributed by atoms with Crippen molar-refractivity contribution >= 4 is 17.4 Å². The van der Waals surface area contributed by atoms with Crippen LogP contribution < -0.4 is 5.32 Å². The Hall–Kier alpha value is -1.07. The van der Waals surface area contributed by atoms with Gasteiger partial charge in [0.2, 0.25) is 0 Å². The number of amides is 2. The highest BCUT2D eigenvalue weighted by Gasteiger charge is 2.37. The second-order valence-electron chi connectivity index (χ2n) is 7.14. The van der Waals surface area contributed by atoms with Gasteiger partial charge >= 0.3 is 6.03 Å². The molecule has 4 nitrogen and oxygen atoms in total. The molecule has 1 aliphatic rings. The van der Waals surface area contributed by atoms with Crippen LogP contribution in [-0.4, -0.2) is 43.8 Å². The van der Waals surface area contributed by atoms with E-state index in [-0.39, 0.29) is 17.6 Å². The fraction of sp³-hybridized carbons (Fsp3) is 0.706. The van der Waals surface area contributed by atoms with Crippen molar-refractivity contribution in [1.29, 1.82) is 0 Å². The molecule has 0 unspecified atom stereocenters. The van der Waals surface area contributed by atoms with Crippen LogP contribution in [0.2, 0.25) is 0 Å². The van der Waals surface area contributed by atoms with Crippen LogP contribution in [-0.2, 0) is 11.2 Å². The second kappa shape index (κ2) is 7.47. The van der Waals surface area contributed by atoms with Crippen molar-refractivity contribution in [2.75, 3.05) is 26.7 Å². The van der Waals surface area contributed by atoms with E-state index in [2.05, 4.69) is 37.5 Å². The van der Waals surface area contributed by atoms with Crippen LogP contribution in [0.15, 0.2) is 17.5 Å². The molecular formula is C17H28N2O2S. The third kappa shape index (κ3) is 4.71. The van der Waals surface area contributed by atoms with Crippen LogP contribution in [0.5, 0.6) is 0 Å². The van der Waals surface area contributed by atoms with E-state index in [1.807, 2.05) is 13.1 Å². The molecule has 1 saturated heterocycles. The van der Waals surface area contributed by atoms with Crippen LogP contribution in [0.3, 0.4) is 0 Å². The molecule has 0 spiro atoms. The van der Waals surface area contributed by atoms with Crippen LogP contribution in [0, 0.1) is 11.3 Å². The monoisotopic (exact) mass is 324 g/mol. The summed E-state index contributed by atoms with van der Waals surface area (Å²) in [5.41, 5.74) is 0.122. The average molecular weight is 324 g/mol. The highest BCUT2D eigenvalue weighted by Crippen LogP contribution is 2.34. The zero-order valence-electron chi connectivity index (χ0n) is 14.1. The Balaban J connectivity index is 1.74. The van der Waals surface area contributed by atoms with Gasteiger partial charge in [0.15, 0.2) is 0 Å². The maximum absolute atomic E-state index is 12.2. The average Bonchev–Trinajstić information content (AvgIpc) is 3.12. The molecule has 0 aromatic carbocycles. The Morgan fingerprint density at radius 3 is 2.91 bits per heavy atom. The Labute approximate surface area is 137 Å². The number of nitrogens with one attached hydrogen (secondary N) is 1. The van der Waals surface area contributed by atoms with Gasteiger partial charge in [-0.25, -0.2) is 4.79 Å². The summed E-state index contributed by atoms with van der Waals surface area (Å²) in [5.74, 6) is 0.412. The summed E-state index contributed by atoms with van der Waals surface area (Å²) in [4.78, 5) is 15.3. The standard InChI is InChI=1S/C17H28N2O2S/c1-17(2,3)15-13(8-10-21-15)12-18-16(20)19(4)9-7-14-6-5-11-22-14/h5-6,11,13,15H,7-10,12H2,1-4H3,(H,18,20)/t13-,15+/m0/s1. The number of ether oxygens (including phenoxy) is 1. The summed E-state index contributed by atoms with van der Waals surface area (Å²) in [6.45, 7) is 8.85. The molecule has 2 atom stereocenters. The number of urea groups is 1. The van der Waals surface area contributed by atoms with Gasteiger partial charge in [-0.05, 0) is 29.7 Å². The summed E-state index contributed by atoms with van der Waals surface area (Å²) >= 11 is 1.74. The van der Waals surface area contributed by atoms with E-state index in [0.717, 1.165) is 26.0 Å². The van der Waals surface area contributed by atoms with E-state index in [4.69, 9.17) is 4.74 Å². The maximum Gasteiger partial charge on any atom is 0.317 e. The van der Waals surface area contributed by atoms with Gasteiger partial charge in [0.1, 0.15) is 0 Å². The lowest BCUT2D eigenvalue weighted by Crippen LogP contribution is -2.43. The van der Waals surface area contributed by atoms with Gasteiger partial charge in [-0.2, -0.15) is 0 Å². The van der Waals surface area contributed by atoms with Crippen molar-refractivity contribution in [3.63, 3.8) is 0 Å². The maximum atomic E-state index is 12.2. The molecule has 5 heteroatoms. The molecule has 1 aromatic heterocycles. The van der Waals surface area contributed by atoms with Crippen molar-refractivity contribution in [3.8, 4) is 0 Å². The van der Waals surface area contributed by atoms with E-state index >= 15 is 0 Å². The Morgan fingerprint density at radius 2 is 2.27 bits per heavy atom. The lowest BCUT2D eigenvalue weighted by Gasteiger charge is -2.31. The summed E-state index contributed by atoms with van der Waals surface area (Å²) < 4.78 is 5.86. The molecule has 1 N–H and O–H groups in total. The zero-order valence-corrected chi connectivity index (χ0v) is 14.9. The fourth-order valence-corrected chi connectivity index (χ4v) is 3.69. The van der Waals surface area contributed by atoms with Crippen molar-refractivity contribution < 1.29 is 9.53 Å². The highest BCUT2D eigenvalue weighted by molar-refractivity contribution is 7.09. The molecule has 22 heavy (non-hydrogen) atoms. The van der Waals surface area contributed by atoms with Crippen LogP contribution >= 0.6 is 11.3 Å². The lowest BCUT2D eigenvalue weighted by molar-refractivity contribution is 0.00759. The number of rotatable bonds is 5. The SMILES string of the molecule is CN(CCc1cccs1)C(=O)NC[C@@H]1CCO[C@H]1C(C)(C)C. The Morgan fingerprint density at radius 1 is 1.50 bits per heavy atom. The quantitative estimate of drug-likeness (QED) is 0.902. The smallest absolute Gasteiger partial charge is 0.317 e. The number of carbonyl (C=O) groups is 1. The van der Waals surface area contributed by atoms with Gasteiger partial charge in [-0.1, -0.05) is 26.8 Å². The van der Waals surface area contributed by atoms with Crippen molar-refractivity contribution in [2.24, 2.45) is 11.3 Å². The third-order valence-corrected chi connectivity index (χ3v) is 5.14. The highest BCUT2D eigenvalue weighted by atomic mass is 32.1. The molecule has 1 fully saturated rings. The summed E-state index contributed by atoms with van der Waals surface area (Å²) in [6.07, 6.45) is 2.17. The van der Waals surface area contributed by atoms with Crippen LogP contribution in [0.1, 0.15) is 32.1 Å². The van der Waals surface area contributed by atoms with E-state index in [1.165, 1.54) is 4.88 Å². The first-order chi connectivity index (χ1) is 10.4. The molecule has 124 valence electrons. The van der Waals surface area contributed by atoms with E-state index in [0.29, 0.717) is 12.5 Å². The lowest BCUT2D eigenvalue weighted by atomic mass is 9.81. The predicted octanol–water partition coefficient (Wildman–Crippen LogP) is 3.38. The topological polar surface area (TPSA) is 41.6 Å². The molecule has 1 aromatic rings. The number of likely N-dealkylation sites (N-methyl/N-ethyl adjacent to an activating group) is 1. The minimum absolute atomic E-state index is 0.0103. The van der Waals surface area contributed by atoms with Crippen LogP contribution in [0.25, 0.3) is 0 Å². The van der Waals surface area contributed by atoms with E-state index in [9.17, 15) is 4.79 Å². The molecule has 0 bridgehead atoms. The molecule has 2 amide bonds. The van der Waals surface area contributed by atoms with Crippen molar-refractivity contribution in [3.05, 3.63) is 22.4 Å². The molecular weight excluding hydrogens is 296 g/mol. The zero-order chi connectivity index (χ0) is 16.2. The summed E-state index contributed by atoms with van der Waals surface area (Å²) in [7, 11) is 1.86. The molecule has 0 radical (unpaired) electrons. The number of hydrogen-bond donors (Lipinski definition) is 1. The molecule has 2 heterocycles. The number of nitrogens with zero attached hydrogens (tertiary/aromatic N) is 1. The van der Waals surface area contributed by atoms with Crippen LogP contribution in [0.4, 0.5) is 4.79 Å². The Bertz CT molecular complexity index is 468. The van der Waals surface area contributed by atoms with Gasteiger partial charge in [0.25, 0.3) is 0 Å². The van der Waals surface area contributed by atoms with Crippen molar-refractivity contribution in [1.82, 2.24) is 10.2 Å². The molecule has 1 aliphatic heterocycles. The van der Waals surface area contributed by atoms with E-state index in [1.54, 1.807) is 16.2 Å². The second-order valence-corrected chi connectivity index (χ2v) is 8.18. The third-order valence-electron chi connectivity index (χ3n) is 4.20. The van der Waals surface area contributed by atoms with Crippen molar-refractivity contribution in [2.45, 2.75) is 39.7 Å². The summed E-state index contributed by atoms with van der Waals surface area (Å²) in [5, 5.41) is 5.14. The number of hydrogen-bond acceptors (Lipinski definition) is 3. The number of thiophene rings is 1. The number of carbonyl (C=O) groups excluding carboxylic acids is 1. The predicted molar refractivity (Wildman–Crippen MR) is 91.4 cm³/mol. The van der Waals surface area contributed by atoms with E-state index < -0.39 is 0 Å². The minimum Gasteiger partial charge on any atom is -0.377 e. The van der Waals surface area contributed by atoms with Gasteiger partial charge < -0.3 is 15.0 Å². The van der Waals surface area contributed by atoms with Gasteiger partial charge in [-0.15, -0.1) is 11.3 Å². The summed E-state index contributed by atoms with van der Waals surface area (Å²) in [6, 6.07) is 4.17. The Kier molecular flexibility index (Phi) is 5.87. The normalized spacial score (nSPS) is 21.8. The molecule has 0 saturated carbocycles. The first-order valence-corrected chi connectivity index (χ1v) is 8.89. The molecule has 2 rings (SSSR count). The fourth-order valence-electron chi connectivity index (χ4n) is 2.99. The largest absolute Gasteiger partial charge is 0.377 e. The van der Waals surface area contributed by atoms with Gasteiger partial charge in [0.05, 0.1) is 6.10 Å². The van der Waals surface area contributed by atoms with Gasteiger partial charge in [0, 0.05) is 37.5 Å². The first kappa shape index (κ1) is 17.3.